The largest absolute Gasteiger partial charge is 0.508 e. The van der Waals surface area contributed by atoms with Crippen LogP contribution in [0.5, 0.6) is 5.75 Å². The zero-order chi connectivity index (χ0) is 32.9. The second kappa shape index (κ2) is 16.8. The van der Waals surface area contributed by atoms with Crippen molar-refractivity contribution in [1.82, 2.24) is 20.9 Å². The molecule has 1 fully saturated rings. The molecular formula is C32H41N5O8. The highest BCUT2D eigenvalue weighted by Crippen LogP contribution is 2.19. The van der Waals surface area contributed by atoms with Gasteiger partial charge in [-0.2, -0.15) is 0 Å². The SMILES string of the molecule is CCCC[C@H](NC(=O)[C@H](CCC(=O)O)NC(=O)c1ccccc1N)C(=O)N[C@@H](Cc1ccc(O)cc1)C(=O)N1CCC[C@H]1C=O. The standard InChI is InChI=1S/C32H41N5O8/c1-2-3-10-25(35-31(44)26(15-16-28(40)41)34-29(42)23-8-4-5-9-24(23)33)30(43)36-27(18-20-11-13-22(39)14-12-20)32(45)37-17-6-7-21(37)19-38/h4-5,8-9,11-14,19,21,25-27,39H,2-3,6-7,10,15-18,33H2,1H3,(H,34,42)(H,35,44)(H,36,43)(H,40,41)/t21-,25-,26-,27-/m0/s1. The molecule has 1 aliphatic rings. The Kier molecular flexibility index (Phi) is 12.9. The fourth-order valence-electron chi connectivity index (χ4n) is 5.17. The summed E-state index contributed by atoms with van der Waals surface area (Å²) in [4.78, 5) is 78.1. The molecule has 0 bridgehead atoms. The summed E-state index contributed by atoms with van der Waals surface area (Å²) in [5.74, 6) is -3.67. The third-order valence-electron chi connectivity index (χ3n) is 7.68. The van der Waals surface area contributed by atoms with E-state index in [2.05, 4.69) is 16.0 Å². The minimum atomic E-state index is -1.29. The van der Waals surface area contributed by atoms with Gasteiger partial charge in [0.25, 0.3) is 5.91 Å². The van der Waals surface area contributed by atoms with E-state index in [-0.39, 0.29) is 36.3 Å². The highest BCUT2D eigenvalue weighted by Gasteiger charge is 2.35. The Balaban J connectivity index is 1.82. The molecule has 13 nitrogen and oxygen atoms in total. The topological polar surface area (TPSA) is 208 Å². The monoisotopic (exact) mass is 623 g/mol. The normalized spacial score (nSPS) is 16.2. The van der Waals surface area contributed by atoms with Crippen LogP contribution in [0.15, 0.2) is 48.5 Å². The first-order valence-electron chi connectivity index (χ1n) is 15.1. The number of carboxylic acid groups (broad SMARTS) is 1. The predicted octanol–water partition coefficient (Wildman–Crippen LogP) is 1.53. The smallest absolute Gasteiger partial charge is 0.303 e. The molecule has 2 aromatic rings. The number of nitrogens with two attached hydrogens (primary N) is 1. The molecule has 4 atom stereocenters. The maximum atomic E-state index is 13.7. The number of carbonyl (C=O) groups excluding carboxylic acids is 5. The van der Waals surface area contributed by atoms with Crippen molar-refractivity contribution < 1.29 is 39.0 Å². The first-order chi connectivity index (χ1) is 21.5. The zero-order valence-electron chi connectivity index (χ0n) is 25.2. The van der Waals surface area contributed by atoms with Crippen LogP contribution in [-0.2, 0) is 30.4 Å². The second-order valence-electron chi connectivity index (χ2n) is 11.1. The number of nitrogens with one attached hydrogen (secondary N) is 3. The molecule has 0 unspecified atom stereocenters. The summed E-state index contributed by atoms with van der Waals surface area (Å²) >= 11 is 0. The highest BCUT2D eigenvalue weighted by molar-refractivity contribution is 6.02. The lowest BCUT2D eigenvalue weighted by Gasteiger charge is -2.29. The van der Waals surface area contributed by atoms with Crippen LogP contribution in [0, 0.1) is 0 Å². The van der Waals surface area contributed by atoms with Gasteiger partial charge in [-0.25, -0.2) is 0 Å². The van der Waals surface area contributed by atoms with Gasteiger partial charge in [0.1, 0.15) is 30.2 Å². The minimum absolute atomic E-state index is 0.0352. The van der Waals surface area contributed by atoms with Crippen molar-refractivity contribution in [1.29, 1.82) is 0 Å². The highest BCUT2D eigenvalue weighted by atomic mass is 16.4. The number of likely N-dealkylation sites (tertiary alicyclic amines) is 1. The van der Waals surface area contributed by atoms with E-state index in [1.54, 1.807) is 24.3 Å². The van der Waals surface area contributed by atoms with Gasteiger partial charge in [-0.05, 0) is 55.5 Å². The molecular weight excluding hydrogens is 582 g/mol. The molecule has 1 heterocycles. The molecule has 0 aliphatic carbocycles. The second-order valence-corrected chi connectivity index (χ2v) is 11.1. The van der Waals surface area contributed by atoms with E-state index in [4.69, 9.17) is 5.73 Å². The number of unbranched alkanes of at least 4 members (excludes halogenated alkanes) is 1. The number of rotatable bonds is 16. The van der Waals surface area contributed by atoms with Crippen LogP contribution in [-0.4, -0.2) is 81.7 Å². The number of aliphatic carboxylic acids is 1. The van der Waals surface area contributed by atoms with Crippen LogP contribution < -0.4 is 21.7 Å². The Morgan fingerprint density at radius 1 is 0.956 bits per heavy atom. The average Bonchev–Trinajstić information content (AvgIpc) is 3.50. The third-order valence-corrected chi connectivity index (χ3v) is 7.68. The quantitative estimate of drug-likeness (QED) is 0.118. The van der Waals surface area contributed by atoms with Gasteiger partial charge in [0.15, 0.2) is 0 Å². The number of carbonyl (C=O) groups is 6. The first kappa shape index (κ1) is 34.5. The Morgan fingerprint density at radius 3 is 2.22 bits per heavy atom. The summed E-state index contributed by atoms with van der Waals surface area (Å²) in [6.45, 7) is 2.26. The van der Waals surface area contributed by atoms with E-state index in [1.165, 1.54) is 29.2 Å². The Hall–Kier alpha value is -4.94. The molecule has 4 amide bonds. The number of hydrogen-bond donors (Lipinski definition) is 6. The van der Waals surface area contributed by atoms with Crippen molar-refractivity contribution in [3.63, 3.8) is 0 Å². The summed E-state index contributed by atoms with van der Waals surface area (Å²) in [5, 5.41) is 26.9. The molecule has 0 saturated carbocycles. The number of phenols is 1. The predicted molar refractivity (Wildman–Crippen MR) is 165 cm³/mol. The van der Waals surface area contributed by atoms with Crippen molar-refractivity contribution in [3.05, 3.63) is 59.7 Å². The molecule has 7 N–H and O–H groups in total. The number of aldehydes is 1. The summed E-state index contributed by atoms with van der Waals surface area (Å²) < 4.78 is 0. The number of amides is 4. The fourth-order valence-corrected chi connectivity index (χ4v) is 5.17. The van der Waals surface area contributed by atoms with Gasteiger partial charge in [-0.3, -0.25) is 24.0 Å². The summed E-state index contributed by atoms with van der Waals surface area (Å²) in [6, 6.07) is 8.29. The lowest BCUT2D eigenvalue weighted by Crippen LogP contribution is -2.58. The van der Waals surface area contributed by atoms with Crippen LogP contribution in [0.3, 0.4) is 0 Å². The van der Waals surface area contributed by atoms with Crippen molar-refractivity contribution >= 4 is 41.6 Å². The molecule has 0 spiro atoms. The molecule has 1 saturated heterocycles. The molecule has 1 aliphatic heterocycles. The van der Waals surface area contributed by atoms with Crippen molar-refractivity contribution in [2.24, 2.45) is 0 Å². The molecule has 0 aromatic heterocycles. The Bertz CT molecular complexity index is 1370. The number of nitrogen functional groups attached to an aromatic ring is 1. The first-order valence-corrected chi connectivity index (χ1v) is 15.1. The Morgan fingerprint density at radius 2 is 1.60 bits per heavy atom. The van der Waals surface area contributed by atoms with Crippen molar-refractivity contribution in [2.75, 3.05) is 12.3 Å². The van der Waals surface area contributed by atoms with Crippen molar-refractivity contribution in [3.8, 4) is 5.75 Å². The molecule has 3 rings (SSSR count). The number of para-hydroxylation sites is 1. The van der Waals surface area contributed by atoms with Crippen LogP contribution in [0.25, 0.3) is 0 Å². The van der Waals surface area contributed by atoms with E-state index >= 15 is 0 Å². The molecule has 13 heteroatoms. The minimum Gasteiger partial charge on any atom is -0.508 e. The number of nitrogens with zero attached hydrogens (tertiary/aromatic N) is 1. The van der Waals surface area contributed by atoms with Gasteiger partial charge in [-0.1, -0.05) is 44.0 Å². The van der Waals surface area contributed by atoms with Gasteiger partial charge < -0.3 is 41.6 Å². The van der Waals surface area contributed by atoms with Gasteiger partial charge in [-0.15, -0.1) is 0 Å². The number of anilines is 1. The average molecular weight is 624 g/mol. The number of phenolic OH excluding ortho intramolecular Hbond substituents is 1. The van der Waals surface area contributed by atoms with Crippen molar-refractivity contribution in [2.45, 2.75) is 82.5 Å². The number of hydrogen-bond acceptors (Lipinski definition) is 8. The van der Waals surface area contributed by atoms with Gasteiger partial charge in [0, 0.05) is 25.1 Å². The van der Waals surface area contributed by atoms with Gasteiger partial charge in [0.05, 0.1) is 11.6 Å². The Labute approximate surface area is 261 Å². The van der Waals surface area contributed by atoms with Gasteiger partial charge in [0.2, 0.25) is 17.7 Å². The van der Waals surface area contributed by atoms with Crippen LogP contribution in [0.1, 0.15) is 67.8 Å². The lowest BCUT2D eigenvalue weighted by molar-refractivity contribution is -0.139. The van der Waals surface area contributed by atoms with Gasteiger partial charge >= 0.3 is 5.97 Å². The number of aromatic hydroxyl groups is 1. The van der Waals surface area contributed by atoms with E-state index in [9.17, 15) is 39.0 Å². The fraction of sp³-hybridized carbons (Fsp3) is 0.438. The van der Waals surface area contributed by atoms with Crippen LogP contribution in [0.4, 0.5) is 5.69 Å². The van der Waals surface area contributed by atoms with Crippen LogP contribution in [0.2, 0.25) is 0 Å². The summed E-state index contributed by atoms with van der Waals surface area (Å²) in [5.41, 5.74) is 6.83. The molecule has 45 heavy (non-hydrogen) atoms. The van der Waals surface area contributed by atoms with E-state index in [0.717, 1.165) is 0 Å². The maximum absolute atomic E-state index is 13.7. The zero-order valence-corrected chi connectivity index (χ0v) is 25.2. The maximum Gasteiger partial charge on any atom is 0.303 e. The lowest BCUT2D eigenvalue weighted by atomic mass is 10.0. The molecule has 0 radical (unpaired) electrons. The molecule has 242 valence electrons. The van der Waals surface area contributed by atoms with Crippen LogP contribution >= 0.6 is 0 Å². The summed E-state index contributed by atoms with van der Waals surface area (Å²) in [7, 11) is 0. The number of benzene rings is 2. The third kappa shape index (κ3) is 10.1. The van der Waals surface area contributed by atoms with E-state index < -0.39 is 60.2 Å². The summed E-state index contributed by atoms with van der Waals surface area (Å²) in [6.07, 6.45) is 2.71. The van der Waals surface area contributed by atoms with E-state index in [1.807, 2.05) is 6.92 Å². The van der Waals surface area contributed by atoms with E-state index in [0.29, 0.717) is 44.1 Å². The number of carboxylic acids is 1. The molecule has 2 aromatic carbocycles.